The Hall–Kier alpha value is -0.980. The van der Waals surface area contributed by atoms with Gasteiger partial charge in [0.1, 0.15) is 5.75 Å². The van der Waals surface area contributed by atoms with Gasteiger partial charge in [0.2, 0.25) is 0 Å². The van der Waals surface area contributed by atoms with Gasteiger partial charge >= 0.3 is 0 Å². The highest BCUT2D eigenvalue weighted by atomic mass is 16.5. The summed E-state index contributed by atoms with van der Waals surface area (Å²) >= 11 is 0. The normalized spacial score (nSPS) is 10.0. The van der Waals surface area contributed by atoms with Crippen LogP contribution in [0.15, 0.2) is 12.1 Å². The van der Waals surface area contributed by atoms with Gasteiger partial charge in [0.25, 0.3) is 0 Å². The highest BCUT2D eigenvalue weighted by molar-refractivity contribution is 5.40. The molecule has 1 rings (SSSR count). The predicted octanol–water partition coefficient (Wildman–Crippen LogP) is 2.82. The molecule has 12 heavy (non-hydrogen) atoms. The summed E-state index contributed by atoms with van der Waals surface area (Å²) in [7, 11) is 0. The van der Waals surface area contributed by atoms with Gasteiger partial charge in [-0.1, -0.05) is 0 Å². The predicted molar refractivity (Wildman–Crippen MR) is 51.5 cm³/mol. The molecular formula is C11H15O. The van der Waals surface area contributed by atoms with Crippen LogP contribution in [0.5, 0.6) is 5.75 Å². The van der Waals surface area contributed by atoms with Crippen LogP contribution in [0.3, 0.4) is 0 Å². The number of hydrogen-bond acceptors (Lipinski definition) is 1. The topological polar surface area (TPSA) is 9.23 Å². The van der Waals surface area contributed by atoms with Gasteiger partial charge in [-0.05, 0) is 56.5 Å². The molecule has 0 aliphatic heterocycles. The quantitative estimate of drug-likeness (QED) is 0.651. The maximum Gasteiger partial charge on any atom is 0.119 e. The molecular weight excluding hydrogens is 148 g/mol. The molecule has 0 N–H and O–H groups in total. The number of rotatable bonds is 2. The smallest absolute Gasteiger partial charge is 0.119 e. The fourth-order valence-electron chi connectivity index (χ4n) is 1.20. The SMILES string of the molecule is [CH2]COc1cc(C)c(C)c(C)c1. The lowest BCUT2D eigenvalue weighted by Gasteiger charge is -2.08. The Kier molecular flexibility index (Phi) is 2.74. The largest absolute Gasteiger partial charge is 0.494 e. The third-order valence-corrected chi connectivity index (χ3v) is 2.17. The second kappa shape index (κ2) is 3.61. The molecule has 65 valence electrons. The van der Waals surface area contributed by atoms with Crippen LogP contribution in [0.2, 0.25) is 0 Å². The molecule has 0 bridgehead atoms. The molecule has 0 atom stereocenters. The van der Waals surface area contributed by atoms with E-state index in [-0.39, 0.29) is 0 Å². The van der Waals surface area contributed by atoms with Crippen molar-refractivity contribution in [1.82, 2.24) is 0 Å². The fraction of sp³-hybridized carbons (Fsp3) is 0.364. The summed E-state index contributed by atoms with van der Waals surface area (Å²) in [6.45, 7) is 10.4. The van der Waals surface area contributed by atoms with E-state index < -0.39 is 0 Å². The molecule has 1 aromatic rings. The highest BCUT2D eigenvalue weighted by Crippen LogP contribution is 2.20. The summed E-state index contributed by atoms with van der Waals surface area (Å²) in [6.07, 6.45) is 0. The van der Waals surface area contributed by atoms with Gasteiger partial charge < -0.3 is 4.74 Å². The summed E-state index contributed by atoms with van der Waals surface area (Å²) in [6, 6.07) is 4.10. The van der Waals surface area contributed by atoms with Crippen molar-refractivity contribution in [3.63, 3.8) is 0 Å². The number of hydrogen-bond donors (Lipinski definition) is 0. The zero-order chi connectivity index (χ0) is 9.14. The molecule has 0 fully saturated rings. The van der Waals surface area contributed by atoms with E-state index in [1.54, 1.807) is 0 Å². The lowest BCUT2D eigenvalue weighted by Crippen LogP contribution is -1.94. The van der Waals surface area contributed by atoms with E-state index in [0.717, 1.165) is 5.75 Å². The molecule has 0 aliphatic rings. The zero-order valence-corrected chi connectivity index (χ0v) is 7.98. The van der Waals surface area contributed by atoms with Crippen molar-refractivity contribution in [3.8, 4) is 5.75 Å². The Labute approximate surface area is 74.4 Å². The summed E-state index contributed by atoms with van der Waals surface area (Å²) in [4.78, 5) is 0. The first-order valence-electron chi connectivity index (χ1n) is 4.15. The summed E-state index contributed by atoms with van der Waals surface area (Å²) < 4.78 is 5.31. The average Bonchev–Trinajstić information content (AvgIpc) is 2.01. The molecule has 1 aromatic carbocycles. The molecule has 0 saturated heterocycles. The Bertz CT molecular complexity index is 253. The van der Waals surface area contributed by atoms with Gasteiger partial charge in [0.15, 0.2) is 0 Å². The van der Waals surface area contributed by atoms with E-state index >= 15 is 0 Å². The number of aryl methyl sites for hydroxylation is 2. The molecule has 0 heterocycles. The minimum absolute atomic E-state index is 0.488. The van der Waals surface area contributed by atoms with E-state index in [0.29, 0.717) is 6.61 Å². The van der Waals surface area contributed by atoms with Gasteiger partial charge in [0.05, 0.1) is 6.61 Å². The standard InChI is InChI=1S/C11H15O/c1-5-12-11-6-8(2)10(4)9(3)7-11/h6-7H,1,5H2,2-4H3. The van der Waals surface area contributed by atoms with Crippen LogP contribution in [-0.2, 0) is 0 Å². The Morgan fingerprint density at radius 1 is 1.17 bits per heavy atom. The molecule has 1 radical (unpaired) electrons. The van der Waals surface area contributed by atoms with Crippen molar-refractivity contribution in [2.45, 2.75) is 20.8 Å². The lowest BCUT2D eigenvalue weighted by molar-refractivity contribution is 0.360. The second-order valence-corrected chi connectivity index (χ2v) is 3.03. The van der Waals surface area contributed by atoms with Crippen LogP contribution in [0.1, 0.15) is 16.7 Å². The van der Waals surface area contributed by atoms with Crippen LogP contribution in [-0.4, -0.2) is 6.61 Å². The summed E-state index contributed by atoms with van der Waals surface area (Å²) in [5, 5.41) is 0. The monoisotopic (exact) mass is 163 g/mol. The van der Waals surface area contributed by atoms with Crippen molar-refractivity contribution < 1.29 is 4.74 Å². The van der Waals surface area contributed by atoms with Crippen LogP contribution in [0, 0.1) is 27.7 Å². The summed E-state index contributed by atoms with van der Waals surface area (Å²) in [5.74, 6) is 0.922. The van der Waals surface area contributed by atoms with Crippen molar-refractivity contribution in [1.29, 1.82) is 0 Å². The molecule has 1 nitrogen and oxygen atoms in total. The van der Waals surface area contributed by atoms with E-state index in [1.807, 2.05) is 12.1 Å². The van der Waals surface area contributed by atoms with Crippen molar-refractivity contribution >= 4 is 0 Å². The molecule has 0 unspecified atom stereocenters. The van der Waals surface area contributed by atoms with Crippen molar-refractivity contribution in [2.75, 3.05) is 6.61 Å². The Balaban J connectivity index is 3.04. The Morgan fingerprint density at radius 2 is 1.67 bits per heavy atom. The highest BCUT2D eigenvalue weighted by Gasteiger charge is 2.00. The third kappa shape index (κ3) is 1.79. The minimum Gasteiger partial charge on any atom is -0.494 e. The van der Waals surface area contributed by atoms with Crippen LogP contribution in [0.25, 0.3) is 0 Å². The minimum atomic E-state index is 0.488. The second-order valence-electron chi connectivity index (χ2n) is 3.03. The molecule has 0 spiro atoms. The van der Waals surface area contributed by atoms with Crippen LogP contribution < -0.4 is 4.74 Å². The third-order valence-electron chi connectivity index (χ3n) is 2.17. The Morgan fingerprint density at radius 3 is 2.08 bits per heavy atom. The van der Waals surface area contributed by atoms with Gasteiger partial charge in [-0.25, -0.2) is 0 Å². The van der Waals surface area contributed by atoms with Gasteiger partial charge in [-0.3, -0.25) is 0 Å². The number of ether oxygens (including phenoxy) is 1. The maximum atomic E-state index is 5.31. The average molecular weight is 163 g/mol. The van der Waals surface area contributed by atoms with Crippen molar-refractivity contribution in [3.05, 3.63) is 35.7 Å². The fourth-order valence-corrected chi connectivity index (χ4v) is 1.20. The van der Waals surface area contributed by atoms with E-state index in [9.17, 15) is 0 Å². The van der Waals surface area contributed by atoms with Gasteiger partial charge in [-0.2, -0.15) is 0 Å². The number of benzene rings is 1. The van der Waals surface area contributed by atoms with E-state index in [4.69, 9.17) is 4.74 Å². The van der Waals surface area contributed by atoms with Gasteiger partial charge in [-0.15, -0.1) is 0 Å². The summed E-state index contributed by atoms with van der Waals surface area (Å²) in [5.41, 5.74) is 3.89. The van der Waals surface area contributed by atoms with Crippen LogP contribution >= 0.6 is 0 Å². The molecule has 0 aromatic heterocycles. The lowest BCUT2D eigenvalue weighted by atomic mass is 10.0. The zero-order valence-electron chi connectivity index (χ0n) is 7.98. The van der Waals surface area contributed by atoms with E-state index in [1.165, 1.54) is 16.7 Å². The molecule has 0 amide bonds. The molecule has 0 aliphatic carbocycles. The first kappa shape index (κ1) is 9.11. The maximum absolute atomic E-state index is 5.31. The van der Waals surface area contributed by atoms with E-state index in [2.05, 4.69) is 27.7 Å². The molecule has 0 saturated carbocycles. The van der Waals surface area contributed by atoms with Crippen LogP contribution in [0.4, 0.5) is 0 Å². The van der Waals surface area contributed by atoms with Gasteiger partial charge in [0, 0.05) is 0 Å². The molecule has 1 heteroatoms. The van der Waals surface area contributed by atoms with Crippen molar-refractivity contribution in [2.24, 2.45) is 0 Å². The first-order chi connectivity index (χ1) is 5.65. The first-order valence-corrected chi connectivity index (χ1v) is 4.15.